The molecule has 1 aromatic carbocycles. The van der Waals surface area contributed by atoms with Crippen molar-refractivity contribution in [1.82, 2.24) is 9.88 Å². The van der Waals surface area contributed by atoms with Gasteiger partial charge in [-0.3, -0.25) is 14.4 Å². The number of fused-ring (bicyclic) bond motifs is 1. The second kappa shape index (κ2) is 7.81. The number of carbonyl (C=O) groups is 3. The number of rotatable bonds is 4. The summed E-state index contributed by atoms with van der Waals surface area (Å²) in [5.41, 5.74) is 1.71. The smallest absolute Gasteiger partial charge is 0.294 e. The molecule has 7 heteroatoms. The maximum Gasteiger partial charge on any atom is 0.294 e. The molecule has 0 saturated carbocycles. The van der Waals surface area contributed by atoms with E-state index in [0.29, 0.717) is 29.8 Å². The molecule has 2 heterocycles. The molecule has 2 N–H and O–H groups in total. The van der Waals surface area contributed by atoms with Gasteiger partial charge in [0.25, 0.3) is 17.6 Å². The molecule has 29 heavy (non-hydrogen) atoms. The molecule has 0 spiro atoms. The van der Waals surface area contributed by atoms with Crippen LogP contribution in [0.5, 0.6) is 0 Å². The molecule has 0 unspecified atom stereocenters. The van der Waals surface area contributed by atoms with Gasteiger partial charge in [0.05, 0.1) is 11.3 Å². The van der Waals surface area contributed by atoms with Crippen molar-refractivity contribution in [3.8, 4) is 0 Å². The quantitative estimate of drug-likeness (QED) is 0.609. The van der Waals surface area contributed by atoms with Gasteiger partial charge in [-0.15, -0.1) is 0 Å². The largest absolute Gasteiger partial charge is 0.345 e. The number of carbonyl (C=O) groups excluding carboxylic acids is 3. The Balaban J connectivity index is 1.91. The second-order valence-electron chi connectivity index (χ2n) is 8.45. The summed E-state index contributed by atoms with van der Waals surface area (Å²) < 4.78 is 15.3. The van der Waals surface area contributed by atoms with Crippen LogP contribution in [-0.2, 0) is 17.8 Å². The van der Waals surface area contributed by atoms with Crippen LogP contribution in [0, 0.1) is 12.7 Å². The molecule has 1 aliphatic rings. The SMILES string of the molecule is Cc1cc(NC(=O)c2cc(C(=O)C(=O)NC(C)(C)C)n3c2CCCC3)ccc1F. The maximum absolute atomic E-state index is 13.5. The first-order chi connectivity index (χ1) is 13.6. The minimum atomic E-state index is -0.690. The van der Waals surface area contributed by atoms with E-state index in [1.165, 1.54) is 18.2 Å². The lowest BCUT2D eigenvalue weighted by Crippen LogP contribution is -2.44. The van der Waals surface area contributed by atoms with E-state index in [4.69, 9.17) is 0 Å². The molecule has 0 bridgehead atoms. The number of amides is 2. The van der Waals surface area contributed by atoms with Crippen LogP contribution >= 0.6 is 0 Å². The Bertz CT molecular complexity index is 986. The van der Waals surface area contributed by atoms with Crippen LogP contribution in [0.25, 0.3) is 0 Å². The summed E-state index contributed by atoms with van der Waals surface area (Å²) >= 11 is 0. The van der Waals surface area contributed by atoms with Crippen molar-refractivity contribution in [2.24, 2.45) is 0 Å². The number of aryl methyl sites for hydroxylation is 1. The van der Waals surface area contributed by atoms with Gasteiger partial charge in [0.2, 0.25) is 0 Å². The summed E-state index contributed by atoms with van der Waals surface area (Å²) in [6.45, 7) is 7.61. The van der Waals surface area contributed by atoms with Gasteiger partial charge in [-0.1, -0.05) is 0 Å². The molecule has 0 aliphatic carbocycles. The average Bonchev–Trinajstić information content (AvgIpc) is 3.02. The van der Waals surface area contributed by atoms with Crippen molar-refractivity contribution in [1.29, 1.82) is 0 Å². The molecule has 0 fully saturated rings. The number of Topliss-reactive ketones (excluding diaryl/α,β-unsaturated/α-hetero) is 1. The Morgan fingerprint density at radius 2 is 1.83 bits per heavy atom. The van der Waals surface area contributed by atoms with Crippen LogP contribution < -0.4 is 10.6 Å². The molecule has 6 nitrogen and oxygen atoms in total. The van der Waals surface area contributed by atoms with Gasteiger partial charge < -0.3 is 15.2 Å². The standard InChI is InChI=1S/C22H26FN3O3/c1-13-11-14(8-9-16(13)23)24-20(28)15-12-18(26-10-6-5-7-17(15)26)19(27)21(29)25-22(2,3)4/h8-9,11-12H,5-7,10H2,1-4H3,(H,24,28)(H,25,29). The van der Waals surface area contributed by atoms with E-state index >= 15 is 0 Å². The van der Waals surface area contributed by atoms with Crippen molar-refractivity contribution in [2.45, 2.75) is 59.0 Å². The highest BCUT2D eigenvalue weighted by molar-refractivity contribution is 6.42. The monoisotopic (exact) mass is 399 g/mol. The van der Waals surface area contributed by atoms with Crippen molar-refractivity contribution in [2.75, 3.05) is 5.32 Å². The number of hydrogen-bond donors (Lipinski definition) is 2. The zero-order valence-corrected chi connectivity index (χ0v) is 17.2. The zero-order chi connectivity index (χ0) is 21.3. The number of ketones is 1. The predicted octanol–water partition coefficient (Wildman–Crippen LogP) is 3.62. The minimum Gasteiger partial charge on any atom is -0.345 e. The third-order valence-corrected chi connectivity index (χ3v) is 4.84. The van der Waals surface area contributed by atoms with Gasteiger partial charge in [0, 0.05) is 23.5 Å². The number of benzene rings is 1. The fourth-order valence-corrected chi connectivity index (χ4v) is 3.50. The Morgan fingerprint density at radius 3 is 2.48 bits per heavy atom. The fourth-order valence-electron chi connectivity index (χ4n) is 3.50. The lowest BCUT2D eigenvalue weighted by molar-refractivity contribution is -0.118. The first-order valence-electron chi connectivity index (χ1n) is 9.73. The highest BCUT2D eigenvalue weighted by Crippen LogP contribution is 2.25. The summed E-state index contributed by atoms with van der Waals surface area (Å²) in [5, 5.41) is 5.44. The molecule has 0 atom stereocenters. The normalized spacial score (nSPS) is 13.6. The topological polar surface area (TPSA) is 80.2 Å². The molecular weight excluding hydrogens is 373 g/mol. The lowest BCUT2D eigenvalue weighted by atomic mass is 10.1. The van der Waals surface area contributed by atoms with Gasteiger partial charge in [-0.25, -0.2) is 4.39 Å². The van der Waals surface area contributed by atoms with Crippen LogP contribution in [0.1, 0.15) is 65.7 Å². The van der Waals surface area contributed by atoms with Crippen LogP contribution in [0.3, 0.4) is 0 Å². The number of nitrogens with zero attached hydrogens (tertiary/aromatic N) is 1. The molecule has 0 radical (unpaired) electrons. The molecule has 2 amide bonds. The van der Waals surface area contributed by atoms with Crippen LogP contribution in [0.2, 0.25) is 0 Å². The number of aromatic nitrogens is 1. The van der Waals surface area contributed by atoms with E-state index < -0.39 is 17.2 Å². The number of halogens is 1. The van der Waals surface area contributed by atoms with Crippen molar-refractivity contribution >= 4 is 23.3 Å². The van der Waals surface area contributed by atoms with E-state index in [1.54, 1.807) is 38.3 Å². The number of anilines is 1. The van der Waals surface area contributed by atoms with Gasteiger partial charge >= 0.3 is 0 Å². The van der Waals surface area contributed by atoms with Crippen LogP contribution in [0.4, 0.5) is 10.1 Å². The summed E-state index contributed by atoms with van der Waals surface area (Å²) in [4.78, 5) is 38.0. The van der Waals surface area contributed by atoms with Gasteiger partial charge in [-0.2, -0.15) is 0 Å². The van der Waals surface area contributed by atoms with Crippen molar-refractivity contribution in [3.05, 3.63) is 52.6 Å². The Labute approximate surface area is 169 Å². The Kier molecular flexibility index (Phi) is 5.59. The maximum atomic E-state index is 13.5. The molecule has 1 aliphatic heterocycles. The number of hydrogen-bond acceptors (Lipinski definition) is 3. The zero-order valence-electron chi connectivity index (χ0n) is 17.2. The molecule has 0 saturated heterocycles. The van der Waals surface area contributed by atoms with E-state index in [-0.39, 0.29) is 17.4 Å². The minimum absolute atomic E-state index is 0.224. The third kappa shape index (κ3) is 4.55. The molecule has 1 aromatic heterocycles. The van der Waals surface area contributed by atoms with E-state index in [9.17, 15) is 18.8 Å². The highest BCUT2D eigenvalue weighted by atomic mass is 19.1. The van der Waals surface area contributed by atoms with Gasteiger partial charge in [0.15, 0.2) is 0 Å². The van der Waals surface area contributed by atoms with Crippen molar-refractivity contribution < 1.29 is 18.8 Å². The first kappa shape index (κ1) is 20.8. The second-order valence-corrected chi connectivity index (χ2v) is 8.45. The Hall–Kier alpha value is -2.96. The molecule has 154 valence electrons. The van der Waals surface area contributed by atoms with Gasteiger partial charge in [-0.05, 0) is 76.8 Å². The van der Waals surface area contributed by atoms with Crippen LogP contribution in [-0.4, -0.2) is 27.7 Å². The average molecular weight is 399 g/mol. The van der Waals surface area contributed by atoms with Gasteiger partial charge in [0.1, 0.15) is 5.82 Å². The third-order valence-electron chi connectivity index (χ3n) is 4.84. The summed E-state index contributed by atoms with van der Waals surface area (Å²) in [5.74, 6) is -2.07. The molecular formula is C22H26FN3O3. The molecule has 2 aromatic rings. The first-order valence-corrected chi connectivity index (χ1v) is 9.73. The van der Waals surface area contributed by atoms with Crippen LogP contribution in [0.15, 0.2) is 24.3 Å². The Morgan fingerprint density at radius 1 is 1.10 bits per heavy atom. The predicted molar refractivity (Wildman–Crippen MR) is 109 cm³/mol. The van der Waals surface area contributed by atoms with E-state index in [2.05, 4.69) is 10.6 Å². The summed E-state index contributed by atoms with van der Waals surface area (Å²) in [6, 6.07) is 5.84. The highest BCUT2D eigenvalue weighted by Gasteiger charge is 2.30. The van der Waals surface area contributed by atoms with Crippen molar-refractivity contribution in [3.63, 3.8) is 0 Å². The van der Waals surface area contributed by atoms with E-state index in [1.807, 2.05) is 0 Å². The van der Waals surface area contributed by atoms with E-state index in [0.717, 1.165) is 18.5 Å². The fraction of sp³-hybridized carbons (Fsp3) is 0.409. The lowest BCUT2D eigenvalue weighted by Gasteiger charge is -2.21. The summed E-state index contributed by atoms with van der Waals surface area (Å²) in [7, 11) is 0. The molecule has 3 rings (SSSR count). The number of nitrogens with one attached hydrogen (secondary N) is 2. The summed E-state index contributed by atoms with van der Waals surface area (Å²) in [6.07, 6.45) is 2.43.